The van der Waals surface area contributed by atoms with Gasteiger partial charge in [0.15, 0.2) is 5.16 Å². The number of nitrogens with one attached hydrogen (secondary N) is 1. The molecule has 1 aromatic carbocycles. The topological polar surface area (TPSA) is 76.9 Å². The number of hydrogen-bond acceptors (Lipinski definition) is 5. The highest BCUT2D eigenvalue weighted by atomic mass is 32.2. The van der Waals surface area contributed by atoms with E-state index in [-0.39, 0.29) is 17.2 Å². The fraction of sp³-hybridized carbons (Fsp3) is 0.263. The van der Waals surface area contributed by atoms with Gasteiger partial charge in [-0.3, -0.25) is 9.59 Å². The average molecular weight is 366 g/mol. The van der Waals surface area contributed by atoms with Crippen molar-refractivity contribution in [3.63, 3.8) is 0 Å². The van der Waals surface area contributed by atoms with Crippen molar-refractivity contribution >= 4 is 28.6 Å². The zero-order valence-electron chi connectivity index (χ0n) is 14.3. The monoisotopic (exact) mass is 366 g/mol. The van der Waals surface area contributed by atoms with E-state index in [2.05, 4.69) is 15.3 Å². The van der Waals surface area contributed by atoms with Gasteiger partial charge in [0.2, 0.25) is 5.91 Å². The van der Waals surface area contributed by atoms with E-state index in [4.69, 9.17) is 0 Å². The number of amides is 1. The van der Waals surface area contributed by atoms with E-state index < -0.39 is 0 Å². The third-order valence-electron chi connectivity index (χ3n) is 4.21. The van der Waals surface area contributed by atoms with Gasteiger partial charge >= 0.3 is 0 Å². The van der Waals surface area contributed by atoms with Gasteiger partial charge in [0.25, 0.3) is 5.56 Å². The Hall–Kier alpha value is -2.67. The standard InChI is InChI=1S/C19H18N4O2S/c1-12-5-4-10-20-17(12)23-18(25)14-6-2-3-7-15(14)22-19(23)26-11-16(24)21-13-8-9-13/h2-7,10,13H,8-9,11H2,1H3,(H,21,24). The second-order valence-electron chi connectivity index (χ2n) is 6.33. The third kappa shape index (κ3) is 3.35. The number of aryl methyl sites for hydroxylation is 1. The van der Waals surface area contributed by atoms with Crippen LogP contribution in [-0.4, -0.2) is 32.2 Å². The van der Waals surface area contributed by atoms with Gasteiger partial charge in [0.05, 0.1) is 16.7 Å². The summed E-state index contributed by atoms with van der Waals surface area (Å²) in [5.41, 5.74) is 1.31. The molecule has 7 heteroatoms. The number of carbonyl (C=O) groups excluding carboxylic acids is 1. The highest BCUT2D eigenvalue weighted by molar-refractivity contribution is 7.99. The van der Waals surface area contributed by atoms with Gasteiger partial charge in [-0.2, -0.15) is 0 Å². The predicted octanol–water partition coefficient (Wildman–Crippen LogP) is 2.46. The number of carbonyl (C=O) groups is 1. The Bertz CT molecular complexity index is 1040. The largest absolute Gasteiger partial charge is 0.353 e. The van der Waals surface area contributed by atoms with Gasteiger partial charge in [-0.25, -0.2) is 14.5 Å². The van der Waals surface area contributed by atoms with E-state index in [1.54, 1.807) is 18.3 Å². The van der Waals surface area contributed by atoms with Gasteiger partial charge in [-0.05, 0) is 43.5 Å². The fourth-order valence-corrected chi connectivity index (χ4v) is 3.54. The van der Waals surface area contributed by atoms with E-state index in [9.17, 15) is 9.59 Å². The van der Waals surface area contributed by atoms with Crippen molar-refractivity contribution in [3.05, 3.63) is 58.5 Å². The summed E-state index contributed by atoms with van der Waals surface area (Å²) in [5.74, 6) is 0.720. The molecule has 132 valence electrons. The van der Waals surface area contributed by atoms with Crippen LogP contribution in [0.25, 0.3) is 16.7 Å². The molecule has 1 aliphatic rings. The van der Waals surface area contributed by atoms with Crippen LogP contribution in [0.15, 0.2) is 52.5 Å². The van der Waals surface area contributed by atoms with Crippen LogP contribution in [0, 0.1) is 6.92 Å². The van der Waals surface area contributed by atoms with Crippen molar-refractivity contribution < 1.29 is 4.79 Å². The maximum absolute atomic E-state index is 13.1. The fourth-order valence-electron chi connectivity index (χ4n) is 2.73. The maximum atomic E-state index is 13.1. The van der Waals surface area contributed by atoms with E-state index >= 15 is 0 Å². The Balaban J connectivity index is 1.78. The lowest BCUT2D eigenvalue weighted by atomic mass is 10.2. The molecule has 26 heavy (non-hydrogen) atoms. The molecule has 0 saturated heterocycles. The van der Waals surface area contributed by atoms with Crippen molar-refractivity contribution in [2.75, 3.05) is 5.75 Å². The Morgan fingerprint density at radius 1 is 1.27 bits per heavy atom. The Morgan fingerprint density at radius 2 is 2.08 bits per heavy atom. The van der Waals surface area contributed by atoms with E-state index in [1.165, 1.54) is 16.3 Å². The summed E-state index contributed by atoms with van der Waals surface area (Å²) in [7, 11) is 0. The third-order valence-corrected chi connectivity index (χ3v) is 5.15. The smallest absolute Gasteiger partial charge is 0.267 e. The molecule has 0 atom stereocenters. The van der Waals surface area contributed by atoms with Crippen LogP contribution >= 0.6 is 11.8 Å². The molecule has 0 aliphatic heterocycles. The van der Waals surface area contributed by atoms with Crippen molar-refractivity contribution in [1.29, 1.82) is 0 Å². The summed E-state index contributed by atoms with van der Waals surface area (Å²) in [6, 6.07) is 11.3. The molecule has 0 unspecified atom stereocenters. The van der Waals surface area contributed by atoms with E-state index in [1.807, 2.05) is 31.2 Å². The lowest BCUT2D eigenvalue weighted by Gasteiger charge is -2.14. The zero-order valence-corrected chi connectivity index (χ0v) is 15.1. The average Bonchev–Trinajstić information content (AvgIpc) is 3.45. The van der Waals surface area contributed by atoms with Crippen molar-refractivity contribution in [2.45, 2.75) is 31.0 Å². The Morgan fingerprint density at radius 3 is 2.85 bits per heavy atom. The minimum Gasteiger partial charge on any atom is -0.353 e. The number of pyridine rings is 1. The molecule has 6 nitrogen and oxygen atoms in total. The molecule has 1 amide bonds. The summed E-state index contributed by atoms with van der Waals surface area (Å²) in [4.78, 5) is 34.2. The second-order valence-corrected chi connectivity index (χ2v) is 7.27. The summed E-state index contributed by atoms with van der Waals surface area (Å²) in [6.45, 7) is 1.90. The van der Waals surface area contributed by atoms with Gasteiger partial charge in [0.1, 0.15) is 5.82 Å². The molecule has 0 radical (unpaired) electrons. The molecule has 4 rings (SSSR count). The van der Waals surface area contributed by atoms with Crippen LogP contribution in [0.2, 0.25) is 0 Å². The number of rotatable bonds is 5. The minimum atomic E-state index is -0.178. The number of aromatic nitrogens is 3. The SMILES string of the molecule is Cc1cccnc1-n1c(SCC(=O)NC2CC2)nc2ccccc2c1=O. The number of nitrogens with zero attached hydrogens (tertiary/aromatic N) is 3. The summed E-state index contributed by atoms with van der Waals surface area (Å²) in [6.07, 6.45) is 3.74. The Kier molecular flexibility index (Phi) is 4.46. The molecule has 0 bridgehead atoms. The number of fused-ring (bicyclic) bond motifs is 1. The van der Waals surface area contributed by atoms with Crippen molar-refractivity contribution in [1.82, 2.24) is 19.9 Å². The Labute approximate surface area is 154 Å². The summed E-state index contributed by atoms with van der Waals surface area (Å²) in [5, 5.41) is 3.96. The normalized spacial score (nSPS) is 13.7. The summed E-state index contributed by atoms with van der Waals surface area (Å²) >= 11 is 1.26. The first-order chi connectivity index (χ1) is 12.6. The second kappa shape index (κ2) is 6.92. The van der Waals surface area contributed by atoms with Crippen LogP contribution in [0.1, 0.15) is 18.4 Å². The predicted molar refractivity (Wildman–Crippen MR) is 102 cm³/mol. The number of thioether (sulfide) groups is 1. The lowest BCUT2D eigenvalue weighted by molar-refractivity contribution is -0.118. The van der Waals surface area contributed by atoms with Crippen LogP contribution in [-0.2, 0) is 4.79 Å². The molecule has 2 heterocycles. The number of benzene rings is 1. The molecule has 0 spiro atoms. The highest BCUT2D eigenvalue weighted by Gasteiger charge is 2.23. The quantitative estimate of drug-likeness (QED) is 0.554. The molecular formula is C19H18N4O2S. The first-order valence-corrected chi connectivity index (χ1v) is 9.48. The first kappa shape index (κ1) is 16.8. The van der Waals surface area contributed by atoms with Gasteiger partial charge < -0.3 is 5.32 Å². The van der Waals surface area contributed by atoms with Crippen molar-refractivity contribution in [2.24, 2.45) is 0 Å². The van der Waals surface area contributed by atoms with Crippen LogP contribution in [0.3, 0.4) is 0 Å². The van der Waals surface area contributed by atoms with Crippen molar-refractivity contribution in [3.8, 4) is 5.82 Å². The number of hydrogen-bond donors (Lipinski definition) is 1. The molecule has 1 aliphatic carbocycles. The molecule has 2 aromatic heterocycles. The van der Waals surface area contributed by atoms with Gasteiger partial charge in [0, 0.05) is 12.2 Å². The molecule has 3 aromatic rings. The highest BCUT2D eigenvalue weighted by Crippen LogP contribution is 2.23. The van der Waals surface area contributed by atoms with Gasteiger partial charge in [-0.1, -0.05) is 30.0 Å². The van der Waals surface area contributed by atoms with E-state index in [0.29, 0.717) is 27.9 Å². The number of para-hydroxylation sites is 1. The zero-order chi connectivity index (χ0) is 18.1. The molecular weight excluding hydrogens is 348 g/mol. The lowest BCUT2D eigenvalue weighted by Crippen LogP contribution is -2.28. The molecule has 1 saturated carbocycles. The van der Waals surface area contributed by atoms with Crippen LogP contribution < -0.4 is 10.9 Å². The molecule has 1 N–H and O–H groups in total. The van der Waals surface area contributed by atoms with Crippen LogP contribution in [0.5, 0.6) is 0 Å². The maximum Gasteiger partial charge on any atom is 0.267 e. The minimum absolute atomic E-state index is 0.0378. The van der Waals surface area contributed by atoms with E-state index in [0.717, 1.165) is 18.4 Å². The molecule has 1 fully saturated rings. The summed E-state index contributed by atoms with van der Waals surface area (Å²) < 4.78 is 1.51. The van der Waals surface area contributed by atoms with Gasteiger partial charge in [-0.15, -0.1) is 0 Å². The first-order valence-electron chi connectivity index (χ1n) is 8.49. The van der Waals surface area contributed by atoms with Crippen LogP contribution in [0.4, 0.5) is 0 Å².